The number of hydrogen-bond donors (Lipinski definition) is 0. The molecule has 0 atom stereocenters. The molecule has 0 radical (unpaired) electrons. The van der Waals surface area contributed by atoms with Gasteiger partial charge >= 0.3 is 0 Å². The van der Waals surface area contributed by atoms with Crippen LogP contribution in [0.5, 0.6) is 0 Å². The van der Waals surface area contributed by atoms with E-state index in [4.69, 9.17) is 0 Å². The van der Waals surface area contributed by atoms with Crippen molar-refractivity contribution in [2.24, 2.45) is 0 Å². The van der Waals surface area contributed by atoms with E-state index in [0.717, 1.165) is 0 Å². The van der Waals surface area contributed by atoms with Crippen molar-refractivity contribution in [3.63, 3.8) is 0 Å². The van der Waals surface area contributed by atoms with Crippen LogP contribution in [0.1, 0.15) is 143 Å². The van der Waals surface area contributed by atoms with E-state index in [9.17, 15) is 0 Å². The van der Waals surface area contributed by atoms with Crippen molar-refractivity contribution in [1.82, 2.24) is 0 Å². The van der Waals surface area contributed by atoms with Crippen LogP contribution in [0.25, 0.3) is 0 Å². The molecule has 0 fully saturated rings. The van der Waals surface area contributed by atoms with Crippen LogP contribution < -0.4 is 0 Å². The quantitative estimate of drug-likeness (QED) is 0.0819. The number of hydrogen-bond acceptors (Lipinski definition) is 0. The molecule has 0 aliphatic rings. The van der Waals surface area contributed by atoms with Crippen LogP contribution in [-0.2, 0) is 0 Å². The van der Waals surface area contributed by atoms with Crippen LogP contribution in [0.4, 0.5) is 0 Å². The molecule has 0 nitrogen and oxygen atoms in total. The summed E-state index contributed by atoms with van der Waals surface area (Å²) in [6, 6.07) is 0. The number of unbranched alkanes of at least 4 members (excludes halogenated alkanes) is 16. The predicted molar refractivity (Wildman–Crippen MR) is 141 cm³/mol. The molecule has 0 aliphatic carbocycles. The fourth-order valence-corrected chi connectivity index (χ4v) is 9.32. The highest BCUT2D eigenvalue weighted by Gasteiger charge is 2.33. The Morgan fingerprint density at radius 3 is 1.10 bits per heavy atom. The van der Waals surface area contributed by atoms with Crippen LogP contribution in [0.15, 0.2) is 12.7 Å². The van der Waals surface area contributed by atoms with Crippen molar-refractivity contribution in [3.05, 3.63) is 12.7 Å². The van der Waals surface area contributed by atoms with Gasteiger partial charge in [-0.2, -0.15) is 0 Å². The standard InChI is InChI=1S/C28H58P/c1-5-9-12-13-14-15-16-17-18-19-20-21-22-23-24-28-29(25-8-4,26-10-6-2)27-11-7-3/h8H,4-7,9-28H2,1-3H3/q+1. The van der Waals surface area contributed by atoms with Crippen molar-refractivity contribution in [3.8, 4) is 0 Å². The Labute approximate surface area is 187 Å². The molecule has 0 rings (SSSR count). The van der Waals surface area contributed by atoms with Gasteiger partial charge in [0.25, 0.3) is 0 Å². The molecule has 0 aliphatic heterocycles. The minimum Gasteiger partial charge on any atom is -0.0995 e. The van der Waals surface area contributed by atoms with Crippen LogP contribution >= 0.6 is 7.26 Å². The van der Waals surface area contributed by atoms with Crippen molar-refractivity contribution in [2.45, 2.75) is 143 Å². The summed E-state index contributed by atoms with van der Waals surface area (Å²) in [5, 5.41) is 0. The van der Waals surface area contributed by atoms with Crippen LogP contribution in [-0.4, -0.2) is 24.6 Å². The molecule has 0 unspecified atom stereocenters. The Hall–Kier alpha value is 0.170. The Morgan fingerprint density at radius 1 is 0.448 bits per heavy atom. The summed E-state index contributed by atoms with van der Waals surface area (Å²) < 4.78 is 0. The normalized spacial score (nSPS) is 11.8. The first-order chi connectivity index (χ1) is 14.2. The summed E-state index contributed by atoms with van der Waals surface area (Å²) >= 11 is 0. The van der Waals surface area contributed by atoms with Gasteiger partial charge in [0.15, 0.2) is 0 Å². The van der Waals surface area contributed by atoms with Crippen molar-refractivity contribution in [2.75, 3.05) is 24.6 Å². The summed E-state index contributed by atoms with van der Waals surface area (Å²) in [6.45, 7) is 11.1. The molecule has 0 aromatic heterocycles. The minimum absolute atomic E-state index is 0.734. The monoisotopic (exact) mass is 425 g/mol. The summed E-state index contributed by atoms with van der Waals surface area (Å²) in [7, 11) is -0.734. The molecular weight excluding hydrogens is 367 g/mol. The lowest BCUT2D eigenvalue weighted by atomic mass is 10.0. The van der Waals surface area contributed by atoms with Gasteiger partial charge in [-0.25, -0.2) is 0 Å². The molecule has 1 heteroatoms. The molecule has 29 heavy (non-hydrogen) atoms. The smallest absolute Gasteiger partial charge is 0.0771 e. The second-order valence-corrected chi connectivity index (χ2v) is 14.0. The molecule has 0 bridgehead atoms. The second-order valence-electron chi connectivity index (χ2n) is 9.64. The predicted octanol–water partition coefficient (Wildman–Crippen LogP) is 10.7. The molecule has 0 saturated carbocycles. The molecule has 0 amide bonds. The summed E-state index contributed by atoms with van der Waals surface area (Å²) in [4.78, 5) is 0. The Balaban J connectivity index is 3.67. The SMILES string of the molecule is C=CC[P+](CCCC)(CCCC)CCCCCCCCCCCCCCCCC. The van der Waals surface area contributed by atoms with E-state index in [1.54, 1.807) is 6.16 Å². The third kappa shape index (κ3) is 18.6. The maximum absolute atomic E-state index is 4.11. The van der Waals surface area contributed by atoms with Crippen LogP contribution in [0.2, 0.25) is 0 Å². The molecule has 0 saturated heterocycles. The third-order valence-electron chi connectivity index (χ3n) is 6.72. The largest absolute Gasteiger partial charge is 0.0995 e. The maximum Gasteiger partial charge on any atom is 0.0771 e. The lowest BCUT2D eigenvalue weighted by molar-refractivity contribution is 0.534. The first kappa shape index (κ1) is 29.2. The van der Waals surface area contributed by atoms with Crippen molar-refractivity contribution >= 4 is 7.26 Å². The van der Waals surface area contributed by atoms with E-state index in [1.807, 2.05) is 0 Å². The van der Waals surface area contributed by atoms with Crippen LogP contribution in [0, 0.1) is 0 Å². The summed E-state index contributed by atoms with van der Waals surface area (Å²) in [6.07, 6.45) is 35.9. The molecule has 0 N–H and O–H groups in total. The molecule has 0 spiro atoms. The molecular formula is C28H58P+. The van der Waals surface area contributed by atoms with Crippen molar-refractivity contribution < 1.29 is 0 Å². The average Bonchev–Trinajstić information content (AvgIpc) is 2.73. The highest BCUT2D eigenvalue weighted by atomic mass is 31.2. The highest BCUT2D eigenvalue weighted by molar-refractivity contribution is 7.76. The van der Waals surface area contributed by atoms with E-state index < -0.39 is 7.26 Å². The third-order valence-corrected chi connectivity index (χ3v) is 11.6. The minimum atomic E-state index is -0.734. The molecule has 0 aromatic rings. The summed E-state index contributed by atoms with van der Waals surface area (Å²) in [5.74, 6) is 0. The van der Waals surface area contributed by atoms with E-state index >= 15 is 0 Å². The lowest BCUT2D eigenvalue weighted by Crippen LogP contribution is -2.11. The van der Waals surface area contributed by atoms with Gasteiger partial charge in [0.05, 0.1) is 24.6 Å². The zero-order chi connectivity index (χ0) is 21.5. The zero-order valence-electron chi connectivity index (χ0n) is 21.0. The Bertz CT molecular complexity index is 314. The van der Waals surface area contributed by atoms with Gasteiger partial charge in [-0.05, 0) is 25.7 Å². The average molecular weight is 426 g/mol. The lowest BCUT2D eigenvalue weighted by Gasteiger charge is -2.27. The molecule has 0 aromatic carbocycles. The van der Waals surface area contributed by atoms with Gasteiger partial charge in [-0.1, -0.05) is 130 Å². The van der Waals surface area contributed by atoms with Crippen molar-refractivity contribution in [1.29, 1.82) is 0 Å². The van der Waals surface area contributed by atoms with Gasteiger partial charge in [0.2, 0.25) is 0 Å². The second kappa shape index (κ2) is 22.8. The fourth-order valence-electron chi connectivity index (χ4n) is 4.69. The van der Waals surface area contributed by atoms with Gasteiger partial charge in [0.1, 0.15) is 0 Å². The topological polar surface area (TPSA) is 0 Å². The van der Waals surface area contributed by atoms with Crippen LogP contribution in [0.3, 0.4) is 0 Å². The van der Waals surface area contributed by atoms with Gasteiger partial charge in [0, 0.05) is 7.26 Å². The molecule has 0 heterocycles. The first-order valence-corrected chi connectivity index (χ1v) is 16.2. The Morgan fingerprint density at radius 2 is 0.759 bits per heavy atom. The van der Waals surface area contributed by atoms with E-state index in [1.165, 1.54) is 140 Å². The number of allylic oxidation sites excluding steroid dienone is 1. The zero-order valence-corrected chi connectivity index (χ0v) is 21.9. The van der Waals surface area contributed by atoms with E-state index in [0.29, 0.717) is 0 Å². The van der Waals surface area contributed by atoms with E-state index in [-0.39, 0.29) is 0 Å². The van der Waals surface area contributed by atoms with E-state index in [2.05, 4.69) is 33.4 Å². The Kier molecular flexibility index (Phi) is 23.0. The highest BCUT2D eigenvalue weighted by Crippen LogP contribution is 2.60. The maximum atomic E-state index is 4.11. The summed E-state index contributed by atoms with van der Waals surface area (Å²) in [5.41, 5.74) is 0. The fraction of sp³-hybridized carbons (Fsp3) is 0.929. The van der Waals surface area contributed by atoms with Gasteiger partial charge in [-0.15, -0.1) is 0 Å². The molecule has 174 valence electrons. The number of rotatable bonds is 24. The first-order valence-electron chi connectivity index (χ1n) is 13.7. The van der Waals surface area contributed by atoms with Gasteiger partial charge < -0.3 is 0 Å². The van der Waals surface area contributed by atoms with Gasteiger partial charge in [-0.3, -0.25) is 0 Å².